The van der Waals surface area contributed by atoms with E-state index in [1.165, 1.54) is 71.6 Å². The summed E-state index contributed by atoms with van der Waals surface area (Å²) in [5, 5.41) is 5.08. The molecule has 10 aromatic rings. The van der Waals surface area contributed by atoms with Gasteiger partial charge in [0.1, 0.15) is 0 Å². The first kappa shape index (κ1) is 31.8. The number of hydrogen-bond acceptors (Lipinski definition) is 3. The third-order valence-electron chi connectivity index (χ3n) is 12.1. The second-order valence-corrected chi connectivity index (χ2v) is 15.1. The lowest BCUT2D eigenvalue weighted by Crippen LogP contribution is -2.26. The van der Waals surface area contributed by atoms with Crippen LogP contribution >= 0.6 is 0 Å². The van der Waals surface area contributed by atoms with Crippen molar-refractivity contribution in [3.8, 4) is 67.5 Å². The summed E-state index contributed by atoms with van der Waals surface area (Å²) in [6.07, 6.45) is 0. The standard InChI is InChI=1S/C54H33N3/c1-3-14-36(15-4-1)51-55-52(37-16-5-2-6-17-37)57-53(56-51)38-25-23-34(24-26-38)39-27-30-42-40(33-39)28-31-45-49-41-18-8-7-13-35(41)29-32-48(49)54(50(42)45)46-21-11-9-19-43(46)44-20-10-12-22-47(44)54/h1-33H. The first-order valence-electron chi connectivity index (χ1n) is 19.5. The highest BCUT2D eigenvalue weighted by Crippen LogP contribution is 2.65. The quantitative estimate of drug-likeness (QED) is 0.181. The first-order valence-corrected chi connectivity index (χ1v) is 19.5. The summed E-state index contributed by atoms with van der Waals surface area (Å²) < 4.78 is 0. The van der Waals surface area contributed by atoms with Crippen molar-refractivity contribution in [1.29, 1.82) is 0 Å². The molecule has 0 radical (unpaired) electrons. The van der Waals surface area contributed by atoms with Crippen LogP contribution in [0.15, 0.2) is 200 Å². The van der Waals surface area contributed by atoms with Crippen LogP contribution in [0.2, 0.25) is 0 Å². The molecule has 2 aliphatic rings. The normalized spacial score (nSPS) is 13.1. The van der Waals surface area contributed by atoms with Crippen molar-refractivity contribution in [3.63, 3.8) is 0 Å². The van der Waals surface area contributed by atoms with Crippen molar-refractivity contribution in [3.05, 3.63) is 222 Å². The van der Waals surface area contributed by atoms with Gasteiger partial charge in [-0.3, -0.25) is 0 Å². The molecular formula is C54H33N3. The zero-order valence-electron chi connectivity index (χ0n) is 30.9. The van der Waals surface area contributed by atoms with Crippen LogP contribution in [0.1, 0.15) is 22.3 Å². The van der Waals surface area contributed by atoms with Crippen molar-refractivity contribution in [2.24, 2.45) is 0 Å². The van der Waals surface area contributed by atoms with Crippen molar-refractivity contribution in [2.75, 3.05) is 0 Å². The Morgan fingerprint density at radius 1 is 0.298 bits per heavy atom. The van der Waals surface area contributed by atoms with E-state index in [4.69, 9.17) is 15.0 Å². The molecule has 0 N–H and O–H groups in total. The molecule has 57 heavy (non-hydrogen) atoms. The fraction of sp³-hybridized carbons (Fsp3) is 0.0185. The SMILES string of the molecule is c1ccc(-c2nc(-c3ccccc3)nc(-c3ccc(-c4ccc5c6c(ccc5c4)-c4c(ccc5ccccc45)C64c5ccccc5-c5ccccc54)cc3)n2)cc1. The van der Waals surface area contributed by atoms with E-state index in [0.29, 0.717) is 17.5 Å². The van der Waals surface area contributed by atoms with E-state index < -0.39 is 5.41 Å². The fourth-order valence-corrected chi connectivity index (χ4v) is 9.67. The lowest BCUT2D eigenvalue weighted by Gasteiger charge is -2.31. The van der Waals surface area contributed by atoms with E-state index in [9.17, 15) is 0 Å². The Bertz CT molecular complexity index is 3120. The average molecular weight is 724 g/mol. The minimum absolute atomic E-state index is 0.424. The highest BCUT2D eigenvalue weighted by atomic mass is 15.0. The number of benzene rings is 9. The molecule has 1 heterocycles. The third-order valence-corrected chi connectivity index (χ3v) is 12.1. The number of rotatable bonds is 4. The van der Waals surface area contributed by atoms with Crippen molar-refractivity contribution in [2.45, 2.75) is 5.41 Å². The lowest BCUT2D eigenvalue weighted by atomic mass is 9.69. The van der Waals surface area contributed by atoms with Crippen molar-refractivity contribution >= 4 is 21.5 Å². The Labute approximate surface area is 330 Å². The maximum Gasteiger partial charge on any atom is 0.164 e. The third kappa shape index (κ3) is 4.63. The molecule has 9 aromatic carbocycles. The zero-order valence-corrected chi connectivity index (χ0v) is 30.9. The van der Waals surface area contributed by atoms with E-state index in [1.807, 2.05) is 60.7 Å². The molecule has 264 valence electrons. The topological polar surface area (TPSA) is 38.7 Å². The van der Waals surface area contributed by atoms with Crippen LogP contribution in [0, 0.1) is 0 Å². The maximum atomic E-state index is 4.96. The Morgan fingerprint density at radius 3 is 1.46 bits per heavy atom. The summed E-state index contributed by atoms with van der Waals surface area (Å²) in [5.74, 6) is 1.97. The smallest absolute Gasteiger partial charge is 0.164 e. The van der Waals surface area contributed by atoms with Gasteiger partial charge in [-0.25, -0.2) is 15.0 Å². The largest absolute Gasteiger partial charge is 0.208 e. The van der Waals surface area contributed by atoms with Gasteiger partial charge in [-0.2, -0.15) is 0 Å². The monoisotopic (exact) mass is 723 g/mol. The predicted octanol–water partition coefficient (Wildman–Crippen LogP) is 13.2. The fourth-order valence-electron chi connectivity index (χ4n) is 9.67. The Morgan fingerprint density at radius 2 is 0.807 bits per heavy atom. The van der Waals surface area contributed by atoms with Crippen LogP contribution < -0.4 is 0 Å². The maximum absolute atomic E-state index is 4.96. The van der Waals surface area contributed by atoms with Gasteiger partial charge in [0.25, 0.3) is 0 Å². The molecule has 0 fully saturated rings. The lowest BCUT2D eigenvalue weighted by molar-refractivity contribution is 0.802. The molecule has 0 amide bonds. The highest BCUT2D eigenvalue weighted by Gasteiger charge is 2.52. The van der Waals surface area contributed by atoms with Gasteiger partial charge in [0.15, 0.2) is 17.5 Å². The van der Waals surface area contributed by atoms with Crippen LogP contribution in [0.4, 0.5) is 0 Å². The van der Waals surface area contributed by atoms with Gasteiger partial charge in [0, 0.05) is 16.7 Å². The van der Waals surface area contributed by atoms with Gasteiger partial charge >= 0.3 is 0 Å². The second kappa shape index (κ2) is 12.3. The molecule has 0 bridgehead atoms. The number of hydrogen-bond donors (Lipinski definition) is 0. The molecule has 0 unspecified atom stereocenters. The summed E-state index contributed by atoms with van der Waals surface area (Å²) in [5.41, 5.74) is 15.5. The van der Waals surface area contributed by atoms with Gasteiger partial charge in [-0.15, -0.1) is 0 Å². The van der Waals surface area contributed by atoms with E-state index in [-0.39, 0.29) is 0 Å². The molecule has 0 atom stereocenters. The Hall–Kier alpha value is -7.49. The minimum Gasteiger partial charge on any atom is -0.208 e. The van der Waals surface area contributed by atoms with Gasteiger partial charge in [-0.1, -0.05) is 194 Å². The zero-order chi connectivity index (χ0) is 37.5. The predicted molar refractivity (Wildman–Crippen MR) is 233 cm³/mol. The number of aromatic nitrogens is 3. The average Bonchev–Trinajstić information content (AvgIpc) is 3.77. The molecule has 0 saturated carbocycles. The van der Waals surface area contributed by atoms with E-state index in [1.54, 1.807) is 0 Å². The highest BCUT2D eigenvalue weighted by molar-refractivity contribution is 6.11. The molecule has 3 nitrogen and oxygen atoms in total. The number of nitrogens with zero attached hydrogens (tertiary/aromatic N) is 3. The second-order valence-electron chi connectivity index (χ2n) is 15.1. The summed E-state index contributed by atoms with van der Waals surface area (Å²) in [7, 11) is 0. The van der Waals surface area contributed by atoms with Crippen LogP contribution in [0.5, 0.6) is 0 Å². The molecule has 0 aliphatic heterocycles. The Kier molecular flexibility index (Phi) is 6.84. The van der Waals surface area contributed by atoms with Crippen molar-refractivity contribution < 1.29 is 0 Å². The molecule has 1 aromatic heterocycles. The van der Waals surface area contributed by atoms with Gasteiger partial charge in [0.2, 0.25) is 0 Å². The molecular weight excluding hydrogens is 691 g/mol. The Balaban J connectivity index is 1.01. The molecule has 12 rings (SSSR count). The van der Waals surface area contributed by atoms with E-state index in [2.05, 4.69) is 140 Å². The summed E-state index contributed by atoms with van der Waals surface area (Å²) in [6, 6.07) is 72.2. The van der Waals surface area contributed by atoms with Crippen LogP contribution in [0.3, 0.4) is 0 Å². The van der Waals surface area contributed by atoms with E-state index in [0.717, 1.165) is 22.3 Å². The summed E-state index contributed by atoms with van der Waals surface area (Å²) in [4.78, 5) is 14.8. The molecule has 3 heteroatoms. The molecule has 2 aliphatic carbocycles. The summed E-state index contributed by atoms with van der Waals surface area (Å²) >= 11 is 0. The van der Waals surface area contributed by atoms with Crippen LogP contribution in [-0.4, -0.2) is 15.0 Å². The van der Waals surface area contributed by atoms with Gasteiger partial charge < -0.3 is 0 Å². The number of fused-ring (bicyclic) bond motifs is 14. The summed E-state index contributed by atoms with van der Waals surface area (Å²) in [6.45, 7) is 0. The molecule has 0 saturated heterocycles. The van der Waals surface area contributed by atoms with Crippen LogP contribution in [0.25, 0.3) is 89.1 Å². The first-order chi connectivity index (χ1) is 28.3. The van der Waals surface area contributed by atoms with Crippen LogP contribution in [-0.2, 0) is 5.41 Å². The van der Waals surface area contributed by atoms with E-state index >= 15 is 0 Å². The van der Waals surface area contributed by atoms with Gasteiger partial charge in [-0.05, 0) is 83.2 Å². The van der Waals surface area contributed by atoms with Crippen molar-refractivity contribution in [1.82, 2.24) is 15.0 Å². The van der Waals surface area contributed by atoms with Gasteiger partial charge in [0.05, 0.1) is 5.41 Å². The molecule has 1 spiro atoms. The minimum atomic E-state index is -0.424.